The van der Waals surface area contributed by atoms with Gasteiger partial charge in [0, 0.05) is 5.56 Å². The molecule has 0 aliphatic heterocycles. The Morgan fingerprint density at radius 2 is 1.61 bits per heavy atom. The fourth-order valence-electron chi connectivity index (χ4n) is 2.83. The highest BCUT2D eigenvalue weighted by Crippen LogP contribution is 2.37. The molecule has 0 fully saturated rings. The van der Waals surface area contributed by atoms with Gasteiger partial charge in [-0.2, -0.15) is 5.10 Å². The molecule has 3 heteroatoms. The molecule has 0 unspecified atom stereocenters. The summed E-state index contributed by atoms with van der Waals surface area (Å²) in [5.74, 6) is 0.438. The van der Waals surface area contributed by atoms with Gasteiger partial charge in [0.05, 0.1) is 11.4 Å². The zero-order chi connectivity index (χ0) is 16.6. The topological polar surface area (TPSA) is 38.0 Å². The van der Waals surface area contributed by atoms with Crippen LogP contribution in [0.3, 0.4) is 0 Å². The smallest absolute Gasteiger partial charge is 0.165 e. The standard InChI is InChI=1S/C20H22N2O/c1-13(2)19-20(23)18(16-11-9-14(3)10-12-16)21-22(19)17-8-6-5-7-15(17)4/h5-13,23H,1-4H3. The second-order valence-electron chi connectivity index (χ2n) is 6.30. The van der Waals surface area contributed by atoms with Crippen LogP contribution in [0.2, 0.25) is 0 Å². The number of rotatable bonds is 3. The maximum absolute atomic E-state index is 10.8. The lowest BCUT2D eigenvalue weighted by molar-refractivity contribution is 0.464. The van der Waals surface area contributed by atoms with E-state index in [9.17, 15) is 5.11 Å². The summed E-state index contributed by atoms with van der Waals surface area (Å²) in [7, 11) is 0. The van der Waals surface area contributed by atoms with E-state index in [4.69, 9.17) is 5.10 Å². The number of nitrogens with zero attached hydrogens (tertiary/aromatic N) is 2. The Kier molecular flexibility index (Phi) is 3.95. The molecule has 0 amide bonds. The van der Waals surface area contributed by atoms with Crippen LogP contribution in [0.1, 0.15) is 36.6 Å². The van der Waals surface area contributed by atoms with E-state index < -0.39 is 0 Å². The number of aromatic hydroxyl groups is 1. The SMILES string of the molecule is Cc1ccc(-c2nn(-c3ccccc3C)c(C(C)C)c2O)cc1. The van der Waals surface area contributed by atoms with Crippen molar-refractivity contribution >= 4 is 0 Å². The van der Waals surface area contributed by atoms with Gasteiger partial charge in [0.1, 0.15) is 5.69 Å². The third kappa shape index (κ3) is 2.74. The number of hydrogen-bond donors (Lipinski definition) is 1. The summed E-state index contributed by atoms with van der Waals surface area (Å²) < 4.78 is 1.88. The fraction of sp³-hybridized carbons (Fsp3) is 0.250. The highest BCUT2D eigenvalue weighted by Gasteiger charge is 2.22. The quantitative estimate of drug-likeness (QED) is 0.740. The van der Waals surface area contributed by atoms with Gasteiger partial charge in [-0.05, 0) is 31.4 Å². The van der Waals surface area contributed by atoms with Crippen molar-refractivity contribution in [3.8, 4) is 22.7 Å². The predicted molar refractivity (Wildman–Crippen MR) is 94.2 cm³/mol. The van der Waals surface area contributed by atoms with E-state index in [0.717, 1.165) is 22.5 Å². The lowest BCUT2D eigenvalue weighted by Crippen LogP contribution is -2.05. The molecule has 3 nitrogen and oxygen atoms in total. The van der Waals surface area contributed by atoms with Crippen LogP contribution in [0.15, 0.2) is 48.5 Å². The van der Waals surface area contributed by atoms with Crippen molar-refractivity contribution < 1.29 is 5.11 Å². The second-order valence-corrected chi connectivity index (χ2v) is 6.30. The Morgan fingerprint density at radius 3 is 2.22 bits per heavy atom. The van der Waals surface area contributed by atoms with Crippen LogP contribution in [-0.2, 0) is 0 Å². The molecule has 0 radical (unpaired) electrons. The van der Waals surface area contributed by atoms with Crippen molar-refractivity contribution in [2.75, 3.05) is 0 Å². The molecule has 0 saturated heterocycles. The predicted octanol–water partition coefficient (Wildman–Crippen LogP) is 4.99. The molecule has 2 aromatic carbocycles. The molecule has 1 aromatic heterocycles. The molecule has 23 heavy (non-hydrogen) atoms. The van der Waals surface area contributed by atoms with Crippen molar-refractivity contribution in [1.29, 1.82) is 0 Å². The van der Waals surface area contributed by atoms with Gasteiger partial charge in [0.15, 0.2) is 5.75 Å². The van der Waals surface area contributed by atoms with Gasteiger partial charge in [-0.1, -0.05) is 61.9 Å². The summed E-state index contributed by atoms with van der Waals surface area (Å²) in [6.45, 7) is 8.26. The van der Waals surface area contributed by atoms with Crippen molar-refractivity contribution in [3.63, 3.8) is 0 Å². The Balaban J connectivity index is 2.23. The van der Waals surface area contributed by atoms with Crippen LogP contribution < -0.4 is 0 Å². The molecule has 1 N–H and O–H groups in total. The molecular formula is C20H22N2O. The molecule has 0 aliphatic rings. The van der Waals surface area contributed by atoms with Gasteiger partial charge in [-0.3, -0.25) is 0 Å². The Labute approximate surface area is 137 Å². The third-order valence-corrected chi connectivity index (χ3v) is 4.11. The van der Waals surface area contributed by atoms with E-state index >= 15 is 0 Å². The zero-order valence-electron chi connectivity index (χ0n) is 14.0. The number of aromatic nitrogens is 2. The molecule has 0 aliphatic carbocycles. The first-order valence-electron chi connectivity index (χ1n) is 7.94. The molecule has 0 spiro atoms. The molecule has 0 bridgehead atoms. The molecule has 1 heterocycles. The zero-order valence-corrected chi connectivity index (χ0v) is 14.0. The lowest BCUT2D eigenvalue weighted by atomic mass is 10.0. The first kappa shape index (κ1) is 15.3. The summed E-state index contributed by atoms with van der Waals surface area (Å²) >= 11 is 0. The van der Waals surface area contributed by atoms with Gasteiger partial charge >= 0.3 is 0 Å². The van der Waals surface area contributed by atoms with E-state index in [1.807, 2.05) is 47.1 Å². The van der Waals surface area contributed by atoms with Crippen LogP contribution in [-0.4, -0.2) is 14.9 Å². The average molecular weight is 306 g/mol. The number of benzene rings is 2. The van der Waals surface area contributed by atoms with Gasteiger partial charge in [-0.15, -0.1) is 0 Å². The molecule has 0 saturated carbocycles. The van der Waals surface area contributed by atoms with Gasteiger partial charge < -0.3 is 5.11 Å². The van der Waals surface area contributed by atoms with Crippen LogP contribution in [0.4, 0.5) is 0 Å². The van der Waals surface area contributed by atoms with E-state index in [-0.39, 0.29) is 11.7 Å². The van der Waals surface area contributed by atoms with E-state index in [1.54, 1.807) is 0 Å². The summed E-state index contributed by atoms with van der Waals surface area (Å²) in [6, 6.07) is 16.2. The minimum atomic E-state index is 0.168. The Hall–Kier alpha value is -2.55. The molecule has 3 rings (SSSR count). The van der Waals surface area contributed by atoms with E-state index in [2.05, 4.69) is 33.8 Å². The molecule has 0 atom stereocenters. The normalized spacial score (nSPS) is 11.2. The summed E-state index contributed by atoms with van der Waals surface area (Å²) in [5.41, 5.74) is 5.74. The van der Waals surface area contributed by atoms with Gasteiger partial charge in [-0.25, -0.2) is 4.68 Å². The number of para-hydroxylation sites is 1. The lowest BCUT2D eigenvalue weighted by Gasteiger charge is -2.12. The van der Waals surface area contributed by atoms with Crippen molar-refractivity contribution in [1.82, 2.24) is 9.78 Å². The maximum Gasteiger partial charge on any atom is 0.165 e. The third-order valence-electron chi connectivity index (χ3n) is 4.11. The number of hydrogen-bond acceptors (Lipinski definition) is 2. The van der Waals surface area contributed by atoms with E-state index in [0.29, 0.717) is 5.69 Å². The first-order chi connectivity index (χ1) is 11.0. The van der Waals surface area contributed by atoms with Crippen molar-refractivity contribution in [3.05, 3.63) is 65.4 Å². The van der Waals surface area contributed by atoms with Gasteiger partial charge in [0.2, 0.25) is 0 Å². The number of aryl methyl sites for hydroxylation is 2. The minimum Gasteiger partial charge on any atom is -0.504 e. The summed E-state index contributed by atoms with van der Waals surface area (Å²) in [6.07, 6.45) is 0. The van der Waals surface area contributed by atoms with Crippen molar-refractivity contribution in [2.24, 2.45) is 0 Å². The largest absolute Gasteiger partial charge is 0.504 e. The van der Waals surface area contributed by atoms with Crippen LogP contribution in [0.25, 0.3) is 16.9 Å². The summed E-state index contributed by atoms with van der Waals surface area (Å²) in [4.78, 5) is 0. The van der Waals surface area contributed by atoms with Crippen LogP contribution >= 0.6 is 0 Å². The highest BCUT2D eigenvalue weighted by atomic mass is 16.3. The fourth-order valence-corrected chi connectivity index (χ4v) is 2.83. The first-order valence-corrected chi connectivity index (χ1v) is 7.94. The van der Waals surface area contributed by atoms with Crippen LogP contribution in [0, 0.1) is 13.8 Å². The maximum atomic E-state index is 10.8. The molecule has 118 valence electrons. The Bertz CT molecular complexity index is 829. The minimum absolute atomic E-state index is 0.168. The van der Waals surface area contributed by atoms with Crippen LogP contribution in [0.5, 0.6) is 5.75 Å². The summed E-state index contributed by atoms with van der Waals surface area (Å²) in [5, 5.41) is 15.5. The molecule has 3 aromatic rings. The van der Waals surface area contributed by atoms with Crippen molar-refractivity contribution in [2.45, 2.75) is 33.6 Å². The Morgan fingerprint density at radius 1 is 0.957 bits per heavy atom. The van der Waals surface area contributed by atoms with Gasteiger partial charge in [0.25, 0.3) is 0 Å². The molecular weight excluding hydrogens is 284 g/mol. The average Bonchev–Trinajstić information content (AvgIpc) is 2.86. The monoisotopic (exact) mass is 306 g/mol. The second kappa shape index (κ2) is 5.92. The highest BCUT2D eigenvalue weighted by molar-refractivity contribution is 5.68. The van der Waals surface area contributed by atoms with E-state index in [1.165, 1.54) is 5.56 Å².